The summed E-state index contributed by atoms with van der Waals surface area (Å²) in [5.41, 5.74) is 1.59. The van der Waals surface area contributed by atoms with Crippen molar-refractivity contribution in [3.63, 3.8) is 0 Å². The number of halogens is 2. The Morgan fingerprint density at radius 3 is 2.62 bits per heavy atom. The molecule has 6 rings (SSSR count). The zero-order chi connectivity index (χ0) is 28.2. The molecular formula is C29H30F2N6O3. The van der Waals surface area contributed by atoms with Gasteiger partial charge in [0.1, 0.15) is 23.6 Å². The Bertz CT molecular complexity index is 1510. The number of aromatic hydroxyl groups is 1. The maximum absolute atomic E-state index is 14.7. The fourth-order valence-electron chi connectivity index (χ4n) is 6.12. The number of amides is 3. The zero-order valence-corrected chi connectivity index (χ0v) is 22.3. The minimum absolute atomic E-state index is 0.0423. The first-order valence-electron chi connectivity index (χ1n) is 13.4. The van der Waals surface area contributed by atoms with Crippen LogP contribution in [0.15, 0.2) is 42.7 Å². The lowest BCUT2D eigenvalue weighted by Crippen LogP contribution is -2.49. The third-order valence-electron chi connectivity index (χ3n) is 8.15. The summed E-state index contributed by atoms with van der Waals surface area (Å²) in [5, 5.41) is 12.8. The fraction of sp³-hybridized carbons (Fsp3) is 0.379. The number of rotatable bonds is 3. The van der Waals surface area contributed by atoms with Crippen molar-refractivity contribution < 1.29 is 23.5 Å². The van der Waals surface area contributed by atoms with Crippen molar-refractivity contribution in [1.29, 1.82) is 0 Å². The molecule has 0 radical (unpaired) electrons. The van der Waals surface area contributed by atoms with Gasteiger partial charge in [-0.3, -0.25) is 4.79 Å². The van der Waals surface area contributed by atoms with E-state index in [1.54, 1.807) is 38.1 Å². The second-order valence-corrected chi connectivity index (χ2v) is 11.2. The van der Waals surface area contributed by atoms with Crippen LogP contribution in [0.4, 0.5) is 30.8 Å². The molecule has 40 heavy (non-hydrogen) atoms. The van der Waals surface area contributed by atoms with Crippen LogP contribution in [0.1, 0.15) is 48.3 Å². The Hall–Kier alpha value is -4.28. The minimum atomic E-state index is -0.935. The predicted octanol–water partition coefficient (Wildman–Crippen LogP) is 4.46. The largest absolute Gasteiger partial charge is 0.508 e. The molecule has 3 aliphatic heterocycles. The van der Waals surface area contributed by atoms with E-state index in [4.69, 9.17) is 0 Å². The van der Waals surface area contributed by atoms with Crippen LogP contribution in [0.5, 0.6) is 5.75 Å². The molecule has 4 heterocycles. The highest BCUT2D eigenvalue weighted by Crippen LogP contribution is 2.43. The van der Waals surface area contributed by atoms with E-state index in [1.165, 1.54) is 17.3 Å². The third-order valence-corrected chi connectivity index (χ3v) is 8.15. The lowest BCUT2D eigenvalue weighted by atomic mass is 9.86. The number of nitrogens with zero attached hydrogens (tertiary/aromatic N) is 5. The molecule has 0 spiro atoms. The standard InChI is InChI=1S/C29H30F2N6O3/c1-29(2)15-37(23-6-4-20(30)26(31)25(23)29)27(39)22-14-24(33-16-32-22)35-10-8-18(9-11-35)36-12-7-17-13-19(38)3-5-21(17)34-28(36)40/h3-6,13-14,16,18,38H,7-12,15H2,1-2H3,(H,34,40). The normalized spacial score (nSPS) is 18.7. The van der Waals surface area contributed by atoms with Crippen LogP contribution in [-0.4, -0.2) is 64.1 Å². The van der Waals surface area contributed by atoms with E-state index in [9.17, 15) is 23.5 Å². The molecule has 0 bridgehead atoms. The zero-order valence-electron chi connectivity index (χ0n) is 22.3. The lowest BCUT2D eigenvalue weighted by molar-refractivity contribution is 0.0981. The maximum Gasteiger partial charge on any atom is 0.322 e. The second kappa shape index (κ2) is 9.72. The quantitative estimate of drug-likeness (QED) is 0.469. The summed E-state index contributed by atoms with van der Waals surface area (Å²) in [4.78, 5) is 40.4. The fourth-order valence-corrected chi connectivity index (χ4v) is 6.12. The summed E-state index contributed by atoms with van der Waals surface area (Å²) < 4.78 is 28.6. The van der Waals surface area contributed by atoms with Crippen molar-refractivity contribution in [1.82, 2.24) is 14.9 Å². The number of carbonyl (C=O) groups excluding carboxylic acids is 2. The van der Waals surface area contributed by atoms with E-state index in [0.717, 1.165) is 30.2 Å². The molecular weight excluding hydrogens is 518 g/mol. The molecule has 1 aromatic heterocycles. The lowest BCUT2D eigenvalue weighted by Gasteiger charge is -2.38. The van der Waals surface area contributed by atoms with E-state index < -0.39 is 23.0 Å². The smallest absolute Gasteiger partial charge is 0.322 e. The number of hydrogen-bond donors (Lipinski definition) is 2. The molecule has 0 unspecified atom stereocenters. The number of hydrogen-bond acceptors (Lipinski definition) is 6. The highest BCUT2D eigenvalue weighted by Gasteiger charge is 2.42. The molecule has 208 valence electrons. The van der Waals surface area contributed by atoms with Crippen LogP contribution in [0.25, 0.3) is 0 Å². The van der Waals surface area contributed by atoms with E-state index in [2.05, 4.69) is 20.2 Å². The summed E-state index contributed by atoms with van der Waals surface area (Å²) >= 11 is 0. The number of benzene rings is 2. The number of carbonyl (C=O) groups is 2. The van der Waals surface area contributed by atoms with Gasteiger partial charge >= 0.3 is 6.03 Å². The SMILES string of the molecule is CC1(C)CN(C(=O)c2cc(N3CCC(N4CCc5cc(O)ccc5NC4=O)CC3)ncn2)c2ccc(F)c(F)c21. The van der Waals surface area contributed by atoms with Crippen molar-refractivity contribution in [2.24, 2.45) is 0 Å². The van der Waals surface area contributed by atoms with Crippen LogP contribution in [0.2, 0.25) is 0 Å². The monoisotopic (exact) mass is 548 g/mol. The number of piperidine rings is 1. The highest BCUT2D eigenvalue weighted by molar-refractivity contribution is 6.06. The first-order valence-corrected chi connectivity index (χ1v) is 13.4. The number of urea groups is 1. The van der Waals surface area contributed by atoms with Crippen molar-refractivity contribution >= 4 is 29.1 Å². The van der Waals surface area contributed by atoms with Crippen molar-refractivity contribution in [2.45, 2.75) is 44.6 Å². The van der Waals surface area contributed by atoms with Gasteiger partial charge in [-0.05, 0) is 55.2 Å². The van der Waals surface area contributed by atoms with Gasteiger partial charge in [0, 0.05) is 55.0 Å². The number of anilines is 3. The van der Waals surface area contributed by atoms with Gasteiger partial charge in [-0.1, -0.05) is 13.8 Å². The highest BCUT2D eigenvalue weighted by atomic mass is 19.2. The van der Waals surface area contributed by atoms with Crippen LogP contribution in [-0.2, 0) is 11.8 Å². The molecule has 3 aromatic rings. The number of nitrogens with one attached hydrogen (secondary N) is 1. The number of phenolic OH excluding ortho intramolecular Hbond substituents is 1. The van der Waals surface area contributed by atoms with Crippen LogP contribution in [0.3, 0.4) is 0 Å². The van der Waals surface area contributed by atoms with E-state index in [-0.39, 0.29) is 35.6 Å². The van der Waals surface area contributed by atoms with Crippen molar-refractivity contribution in [3.8, 4) is 5.75 Å². The number of aromatic nitrogens is 2. The predicted molar refractivity (Wildman–Crippen MR) is 146 cm³/mol. The third kappa shape index (κ3) is 4.48. The van der Waals surface area contributed by atoms with Crippen molar-refractivity contribution in [3.05, 3.63) is 71.2 Å². The minimum Gasteiger partial charge on any atom is -0.508 e. The Morgan fingerprint density at radius 2 is 1.85 bits per heavy atom. The van der Waals surface area contributed by atoms with Crippen molar-refractivity contribution in [2.75, 3.05) is 41.3 Å². The van der Waals surface area contributed by atoms with E-state index in [1.807, 2.05) is 4.90 Å². The van der Waals surface area contributed by atoms with Gasteiger partial charge in [0.25, 0.3) is 5.91 Å². The summed E-state index contributed by atoms with van der Waals surface area (Å²) in [5.74, 6) is -1.48. The van der Waals surface area contributed by atoms with Gasteiger partial charge < -0.3 is 25.1 Å². The molecule has 2 aromatic carbocycles. The average Bonchev–Trinajstić information content (AvgIpc) is 3.11. The number of fused-ring (bicyclic) bond motifs is 2. The van der Waals surface area contributed by atoms with Gasteiger partial charge in [-0.2, -0.15) is 0 Å². The summed E-state index contributed by atoms with van der Waals surface area (Å²) in [6.45, 7) is 5.59. The van der Waals surface area contributed by atoms with Gasteiger partial charge in [-0.25, -0.2) is 23.5 Å². The second-order valence-electron chi connectivity index (χ2n) is 11.2. The summed E-state index contributed by atoms with van der Waals surface area (Å²) in [6.07, 6.45) is 3.44. The van der Waals surface area contributed by atoms with Crippen LogP contribution >= 0.6 is 0 Å². The molecule has 0 aliphatic carbocycles. The van der Waals surface area contributed by atoms with Crippen LogP contribution in [0, 0.1) is 11.6 Å². The Labute approximate surface area is 230 Å². The van der Waals surface area contributed by atoms with Gasteiger partial charge in [0.05, 0.1) is 5.69 Å². The molecule has 2 N–H and O–H groups in total. The molecule has 0 saturated carbocycles. The molecule has 1 fully saturated rings. The van der Waals surface area contributed by atoms with Gasteiger partial charge in [-0.15, -0.1) is 0 Å². The molecule has 9 nitrogen and oxygen atoms in total. The molecule has 11 heteroatoms. The van der Waals surface area contributed by atoms with Crippen LogP contribution < -0.4 is 15.1 Å². The number of phenols is 1. The first kappa shape index (κ1) is 26.0. The van der Waals surface area contributed by atoms with E-state index >= 15 is 0 Å². The molecule has 3 aliphatic rings. The maximum atomic E-state index is 14.7. The average molecular weight is 549 g/mol. The molecule has 1 saturated heterocycles. The molecule has 3 amide bonds. The van der Waals surface area contributed by atoms with Gasteiger partial charge in [0.15, 0.2) is 11.6 Å². The Kier molecular flexibility index (Phi) is 6.31. The Morgan fingerprint density at radius 1 is 1.07 bits per heavy atom. The topological polar surface area (TPSA) is 102 Å². The summed E-state index contributed by atoms with van der Waals surface area (Å²) in [7, 11) is 0. The Balaban J connectivity index is 1.14. The molecule has 0 atom stereocenters. The van der Waals surface area contributed by atoms with Gasteiger partial charge in [0.2, 0.25) is 0 Å². The summed E-state index contributed by atoms with van der Waals surface area (Å²) in [6, 6.07) is 8.98. The first-order chi connectivity index (χ1) is 19.1. The van der Waals surface area contributed by atoms with E-state index in [0.29, 0.717) is 37.6 Å².